The average Bonchev–Trinajstić information content (AvgIpc) is 3.23. The number of nitrogens with one attached hydrogen (secondary N) is 1. The third-order valence-corrected chi connectivity index (χ3v) is 4.78. The van der Waals surface area contributed by atoms with E-state index in [2.05, 4.69) is 10.4 Å². The van der Waals surface area contributed by atoms with E-state index in [-0.39, 0.29) is 6.61 Å². The Labute approximate surface area is 182 Å². The number of aromatic nitrogens is 3. The number of benzene rings is 2. The van der Waals surface area contributed by atoms with Crippen LogP contribution in [0.4, 0.5) is 11.5 Å². The average molecular weight is 421 g/mol. The molecule has 31 heavy (non-hydrogen) atoms. The van der Waals surface area contributed by atoms with Crippen LogP contribution in [0.3, 0.4) is 0 Å². The Hall–Kier alpha value is -3.58. The van der Waals surface area contributed by atoms with Crippen molar-refractivity contribution in [1.82, 2.24) is 14.6 Å². The lowest BCUT2D eigenvalue weighted by Gasteiger charge is -2.14. The molecule has 0 aliphatic carbocycles. The van der Waals surface area contributed by atoms with E-state index < -0.39 is 0 Å². The summed E-state index contributed by atoms with van der Waals surface area (Å²) >= 11 is 0. The smallest absolute Gasteiger partial charge is 0.165 e. The van der Waals surface area contributed by atoms with E-state index in [9.17, 15) is 5.11 Å². The Kier molecular flexibility index (Phi) is 7.10. The second-order valence-corrected chi connectivity index (χ2v) is 6.61. The van der Waals surface area contributed by atoms with Gasteiger partial charge in [-0.05, 0) is 35.7 Å². The van der Waals surface area contributed by atoms with Crippen LogP contribution >= 0.6 is 0 Å². The zero-order valence-electron chi connectivity index (χ0n) is 18.5. The topological polar surface area (TPSA) is 80.9 Å². The van der Waals surface area contributed by atoms with Gasteiger partial charge in [-0.3, -0.25) is 0 Å². The molecule has 2 aromatic heterocycles. The molecule has 0 spiro atoms. The van der Waals surface area contributed by atoms with Crippen molar-refractivity contribution in [3.63, 3.8) is 0 Å². The first kappa shape index (κ1) is 22.1. The van der Waals surface area contributed by atoms with Gasteiger partial charge in [-0.2, -0.15) is 5.10 Å². The molecule has 0 aliphatic rings. The molecule has 0 radical (unpaired) electrons. The Balaban J connectivity index is 0.00000132. The largest absolute Gasteiger partial charge is 0.493 e. The highest BCUT2D eigenvalue weighted by Gasteiger charge is 2.13. The maximum Gasteiger partial charge on any atom is 0.165 e. The van der Waals surface area contributed by atoms with Crippen molar-refractivity contribution in [2.45, 2.75) is 27.4 Å². The lowest BCUT2D eigenvalue weighted by Crippen LogP contribution is -2.00. The summed E-state index contributed by atoms with van der Waals surface area (Å²) < 4.78 is 12.6. The quantitative estimate of drug-likeness (QED) is 0.458. The Morgan fingerprint density at radius 2 is 1.81 bits per heavy atom. The first-order chi connectivity index (χ1) is 15.1. The number of methoxy groups -OCH3 is 2. The summed E-state index contributed by atoms with van der Waals surface area (Å²) in [7, 11) is 3.24. The van der Waals surface area contributed by atoms with Crippen LogP contribution < -0.4 is 14.8 Å². The number of aryl methyl sites for hydroxylation is 1. The van der Waals surface area contributed by atoms with Crippen LogP contribution in [0.25, 0.3) is 16.8 Å². The van der Waals surface area contributed by atoms with E-state index in [0.29, 0.717) is 23.0 Å². The molecule has 0 atom stereocenters. The molecular formula is C24H28N4O3. The standard InChI is InChI=1S/C22H22N4O3.C2H6/c1-14-10-16(11-19(28-2)21(14)29-3)24-20-8-9-26-22(25-20)18(12-23-26)17-7-5-4-6-15(17)13-27;1-2/h4-12,27H,13H2,1-3H3,(H,24,25);1-2H3. The Morgan fingerprint density at radius 3 is 2.52 bits per heavy atom. The van der Waals surface area contributed by atoms with Gasteiger partial charge in [0.1, 0.15) is 5.82 Å². The van der Waals surface area contributed by atoms with Gasteiger partial charge < -0.3 is 19.9 Å². The summed E-state index contributed by atoms with van der Waals surface area (Å²) in [6, 6.07) is 13.4. The van der Waals surface area contributed by atoms with Gasteiger partial charge in [0.05, 0.1) is 27.0 Å². The minimum atomic E-state index is -0.0453. The molecule has 4 aromatic rings. The zero-order chi connectivity index (χ0) is 22.4. The first-order valence-corrected chi connectivity index (χ1v) is 10.2. The molecule has 7 heteroatoms. The van der Waals surface area contributed by atoms with Gasteiger partial charge in [-0.15, -0.1) is 0 Å². The van der Waals surface area contributed by atoms with Crippen molar-refractivity contribution in [2.24, 2.45) is 0 Å². The van der Waals surface area contributed by atoms with E-state index in [4.69, 9.17) is 14.5 Å². The lowest BCUT2D eigenvalue weighted by molar-refractivity contribution is 0.282. The van der Waals surface area contributed by atoms with Crippen molar-refractivity contribution < 1.29 is 14.6 Å². The minimum absolute atomic E-state index is 0.0453. The molecule has 0 bridgehead atoms. The predicted octanol–water partition coefficient (Wildman–Crippen LogP) is 4.98. The van der Waals surface area contributed by atoms with Crippen molar-refractivity contribution in [1.29, 1.82) is 0 Å². The second-order valence-electron chi connectivity index (χ2n) is 6.61. The molecule has 7 nitrogen and oxygen atoms in total. The van der Waals surface area contributed by atoms with Crippen LogP contribution in [-0.4, -0.2) is 33.9 Å². The Morgan fingerprint density at radius 1 is 1.03 bits per heavy atom. The maximum absolute atomic E-state index is 9.67. The summed E-state index contributed by atoms with van der Waals surface area (Å²) in [6.07, 6.45) is 3.62. The summed E-state index contributed by atoms with van der Waals surface area (Å²) in [5.41, 5.74) is 5.11. The van der Waals surface area contributed by atoms with Gasteiger partial charge in [-0.25, -0.2) is 9.50 Å². The van der Waals surface area contributed by atoms with Crippen molar-refractivity contribution in [2.75, 3.05) is 19.5 Å². The number of ether oxygens (including phenoxy) is 2. The molecule has 2 N–H and O–H groups in total. The highest BCUT2D eigenvalue weighted by molar-refractivity contribution is 5.80. The molecule has 0 amide bonds. The number of hydrogen-bond donors (Lipinski definition) is 2. The summed E-state index contributed by atoms with van der Waals surface area (Å²) in [5.74, 6) is 2.03. The normalized spacial score (nSPS) is 10.4. The van der Waals surface area contributed by atoms with Crippen molar-refractivity contribution >= 4 is 17.2 Å². The fourth-order valence-corrected chi connectivity index (χ4v) is 3.42. The van der Waals surface area contributed by atoms with Gasteiger partial charge in [0.25, 0.3) is 0 Å². The summed E-state index contributed by atoms with van der Waals surface area (Å²) in [5, 5.41) is 17.4. The zero-order valence-corrected chi connectivity index (χ0v) is 18.5. The van der Waals surface area contributed by atoms with Crippen molar-refractivity contribution in [3.8, 4) is 22.6 Å². The summed E-state index contributed by atoms with van der Waals surface area (Å²) in [4.78, 5) is 4.75. The molecule has 0 saturated carbocycles. The number of aliphatic hydroxyl groups excluding tert-OH is 1. The predicted molar refractivity (Wildman–Crippen MR) is 123 cm³/mol. The highest BCUT2D eigenvalue weighted by Crippen LogP contribution is 2.35. The van der Waals surface area contributed by atoms with Gasteiger partial charge in [0.15, 0.2) is 17.1 Å². The number of fused-ring (bicyclic) bond motifs is 1. The summed E-state index contributed by atoms with van der Waals surface area (Å²) in [6.45, 7) is 5.92. The monoisotopic (exact) mass is 420 g/mol. The number of anilines is 2. The van der Waals surface area contributed by atoms with E-state index in [1.807, 2.05) is 69.4 Å². The van der Waals surface area contributed by atoms with Crippen LogP contribution in [0, 0.1) is 6.92 Å². The van der Waals surface area contributed by atoms with Crippen LogP contribution in [0.5, 0.6) is 11.5 Å². The fraction of sp³-hybridized carbons (Fsp3) is 0.250. The first-order valence-electron chi connectivity index (χ1n) is 10.2. The maximum atomic E-state index is 9.67. The molecule has 0 unspecified atom stereocenters. The van der Waals surface area contributed by atoms with Gasteiger partial charge in [-0.1, -0.05) is 38.1 Å². The number of hydrogen-bond acceptors (Lipinski definition) is 6. The number of rotatable bonds is 6. The minimum Gasteiger partial charge on any atom is -0.493 e. The van der Waals surface area contributed by atoms with Gasteiger partial charge in [0, 0.05) is 23.5 Å². The molecule has 2 heterocycles. The van der Waals surface area contributed by atoms with Gasteiger partial charge in [0.2, 0.25) is 0 Å². The van der Waals surface area contributed by atoms with E-state index in [0.717, 1.165) is 27.9 Å². The van der Waals surface area contributed by atoms with Crippen LogP contribution in [-0.2, 0) is 6.61 Å². The molecule has 162 valence electrons. The number of aliphatic hydroxyl groups is 1. The molecule has 0 fully saturated rings. The van der Waals surface area contributed by atoms with Gasteiger partial charge >= 0.3 is 0 Å². The fourth-order valence-electron chi connectivity index (χ4n) is 3.42. The highest BCUT2D eigenvalue weighted by atomic mass is 16.5. The van der Waals surface area contributed by atoms with Crippen LogP contribution in [0.15, 0.2) is 54.9 Å². The van der Waals surface area contributed by atoms with Crippen LogP contribution in [0.1, 0.15) is 25.0 Å². The van der Waals surface area contributed by atoms with E-state index in [1.165, 1.54) is 0 Å². The molecule has 0 saturated heterocycles. The molecule has 4 rings (SSSR count). The lowest BCUT2D eigenvalue weighted by atomic mass is 10.0. The molecule has 0 aliphatic heterocycles. The third kappa shape index (κ3) is 4.46. The number of nitrogens with zero attached hydrogens (tertiary/aromatic N) is 3. The second kappa shape index (κ2) is 9.95. The third-order valence-electron chi connectivity index (χ3n) is 4.78. The van der Waals surface area contributed by atoms with Crippen LogP contribution in [0.2, 0.25) is 0 Å². The molecular weight excluding hydrogens is 392 g/mol. The van der Waals surface area contributed by atoms with E-state index in [1.54, 1.807) is 24.9 Å². The molecule has 2 aromatic carbocycles. The SMILES string of the molecule is CC.COc1cc(Nc2ccn3ncc(-c4ccccc4CO)c3n2)cc(C)c1OC. The van der Waals surface area contributed by atoms with E-state index >= 15 is 0 Å². The van der Waals surface area contributed by atoms with Crippen molar-refractivity contribution in [3.05, 3.63) is 66.0 Å². The Bertz CT molecular complexity index is 1170.